The van der Waals surface area contributed by atoms with Gasteiger partial charge in [-0.2, -0.15) is 0 Å². The first-order valence-corrected chi connectivity index (χ1v) is 8.30. The summed E-state index contributed by atoms with van der Waals surface area (Å²) in [7, 11) is 3.20. The molecule has 1 aliphatic rings. The van der Waals surface area contributed by atoms with Crippen molar-refractivity contribution in [2.45, 2.75) is 6.04 Å². The number of carbonyl (C=O) groups excluding carboxylic acids is 1. The van der Waals surface area contributed by atoms with Crippen LogP contribution < -0.4 is 14.4 Å². The molecule has 3 aromatic rings. The van der Waals surface area contributed by atoms with Crippen LogP contribution in [0.4, 0.5) is 5.69 Å². The first kappa shape index (κ1) is 16.1. The van der Waals surface area contributed by atoms with Crippen LogP contribution in [0.15, 0.2) is 66.9 Å². The summed E-state index contributed by atoms with van der Waals surface area (Å²) in [5, 5.41) is 0. The van der Waals surface area contributed by atoms with Crippen LogP contribution in [0.2, 0.25) is 0 Å². The molecule has 2 aromatic carbocycles. The number of rotatable bonds is 4. The van der Waals surface area contributed by atoms with E-state index in [2.05, 4.69) is 4.98 Å². The van der Waals surface area contributed by atoms with Crippen LogP contribution in [0.25, 0.3) is 0 Å². The highest BCUT2D eigenvalue weighted by molar-refractivity contribution is 6.11. The highest BCUT2D eigenvalue weighted by Gasteiger charge is 2.40. The van der Waals surface area contributed by atoms with Crippen LogP contribution in [-0.2, 0) is 0 Å². The van der Waals surface area contributed by atoms with Crippen LogP contribution in [0.5, 0.6) is 11.5 Å². The Bertz CT molecular complexity index is 956. The Kier molecular flexibility index (Phi) is 4.05. The molecule has 0 aliphatic carbocycles. The zero-order valence-electron chi connectivity index (χ0n) is 14.5. The molecular formula is C21H18N2O3. The van der Waals surface area contributed by atoms with Gasteiger partial charge in [-0.1, -0.05) is 24.3 Å². The van der Waals surface area contributed by atoms with Gasteiger partial charge in [-0.05, 0) is 42.0 Å². The lowest BCUT2D eigenvalue weighted by Gasteiger charge is -2.26. The van der Waals surface area contributed by atoms with Gasteiger partial charge in [0.1, 0.15) is 6.04 Å². The van der Waals surface area contributed by atoms with Crippen molar-refractivity contribution in [2.24, 2.45) is 0 Å². The highest BCUT2D eigenvalue weighted by atomic mass is 16.5. The monoisotopic (exact) mass is 346 g/mol. The lowest BCUT2D eigenvalue weighted by molar-refractivity contribution is 0.0993. The Morgan fingerprint density at radius 2 is 1.69 bits per heavy atom. The van der Waals surface area contributed by atoms with E-state index in [0.29, 0.717) is 17.1 Å². The predicted molar refractivity (Wildman–Crippen MR) is 98.9 cm³/mol. The van der Waals surface area contributed by atoms with Gasteiger partial charge in [0.25, 0.3) is 5.91 Å². The third-order valence-corrected chi connectivity index (χ3v) is 4.56. The topological polar surface area (TPSA) is 51.7 Å². The van der Waals surface area contributed by atoms with Crippen molar-refractivity contribution in [1.29, 1.82) is 0 Å². The fraction of sp³-hybridized carbons (Fsp3) is 0.143. The van der Waals surface area contributed by atoms with Gasteiger partial charge in [0.15, 0.2) is 11.5 Å². The largest absolute Gasteiger partial charge is 0.493 e. The number of benzene rings is 2. The Labute approximate surface area is 151 Å². The van der Waals surface area contributed by atoms with Crippen molar-refractivity contribution in [1.82, 2.24) is 4.98 Å². The summed E-state index contributed by atoms with van der Waals surface area (Å²) in [6, 6.07) is 18.6. The van der Waals surface area contributed by atoms with Gasteiger partial charge in [0.2, 0.25) is 0 Å². The quantitative estimate of drug-likeness (QED) is 0.720. The second-order valence-electron chi connectivity index (χ2n) is 5.96. The number of ether oxygens (including phenoxy) is 2. The smallest absolute Gasteiger partial charge is 0.261 e. The molecule has 1 aliphatic heterocycles. The number of nitrogens with zero attached hydrogens (tertiary/aromatic N) is 2. The van der Waals surface area contributed by atoms with Gasteiger partial charge < -0.3 is 9.47 Å². The van der Waals surface area contributed by atoms with Crippen LogP contribution in [0, 0.1) is 0 Å². The molecule has 0 saturated carbocycles. The van der Waals surface area contributed by atoms with Crippen molar-refractivity contribution in [3.8, 4) is 11.5 Å². The molecule has 0 spiro atoms. The molecule has 0 bridgehead atoms. The second kappa shape index (κ2) is 6.52. The number of methoxy groups -OCH3 is 2. The molecule has 0 fully saturated rings. The fourth-order valence-corrected chi connectivity index (χ4v) is 3.37. The maximum atomic E-state index is 13.1. The number of para-hydroxylation sites is 1. The molecule has 26 heavy (non-hydrogen) atoms. The standard InChI is InChI=1S/C21H18N2O3/c1-25-17-11-10-14(13-18(17)26-2)20-19-16(9-6-12-22-19)21(24)23(20)15-7-4-3-5-8-15/h3-13,20H,1-2H3. The van der Waals surface area contributed by atoms with Gasteiger partial charge in [-0.15, -0.1) is 0 Å². The van der Waals surface area contributed by atoms with Crippen molar-refractivity contribution in [2.75, 3.05) is 19.1 Å². The molecular weight excluding hydrogens is 328 g/mol. The summed E-state index contributed by atoms with van der Waals surface area (Å²) < 4.78 is 10.8. The third-order valence-electron chi connectivity index (χ3n) is 4.56. The summed E-state index contributed by atoms with van der Waals surface area (Å²) in [5.74, 6) is 1.21. The minimum Gasteiger partial charge on any atom is -0.493 e. The molecule has 2 heterocycles. The highest BCUT2D eigenvalue weighted by Crippen LogP contribution is 2.42. The van der Waals surface area contributed by atoms with E-state index >= 15 is 0 Å². The summed E-state index contributed by atoms with van der Waals surface area (Å²) in [4.78, 5) is 19.4. The molecule has 4 rings (SSSR count). The van der Waals surface area contributed by atoms with E-state index in [0.717, 1.165) is 16.9 Å². The molecule has 130 valence electrons. The second-order valence-corrected chi connectivity index (χ2v) is 5.96. The summed E-state index contributed by atoms with van der Waals surface area (Å²) in [6.45, 7) is 0. The maximum absolute atomic E-state index is 13.1. The molecule has 5 nitrogen and oxygen atoms in total. The number of pyridine rings is 1. The first-order chi connectivity index (χ1) is 12.7. The first-order valence-electron chi connectivity index (χ1n) is 8.30. The minimum absolute atomic E-state index is 0.0564. The van der Waals surface area contributed by atoms with Crippen molar-refractivity contribution < 1.29 is 14.3 Å². The number of carbonyl (C=O) groups is 1. The normalized spacial score (nSPS) is 15.7. The number of aromatic nitrogens is 1. The van der Waals surface area contributed by atoms with Crippen LogP contribution in [0.3, 0.4) is 0 Å². The number of hydrogen-bond donors (Lipinski definition) is 0. The molecule has 0 N–H and O–H groups in total. The molecule has 1 unspecified atom stereocenters. The van der Waals surface area contributed by atoms with Crippen molar-refractivity contribution in [3.05, 3.63) is 83.7 Å². The van der Waals surface area contributed by atoms with Gasteiger partial charge in [-0.3, -0.25) is 14.7 Å². The van der Waals surface area contributed by atoms with E-state index in [4.69, 9.17) is 9.47 Å². The average Bonchev–Trinajstić information content (AvgIpc) is 3.01. The number of fused-ring (bicyclic) bond motifs is 1. The zero-order valence-corrected chi connectivity index (χ0v) is 14.5. The van der Waals surface area contributed by atoms with Crippen LogP contribution in [0.1, 0.15) is 27.7 Å². The number of amides is 1. The third kappa shape index (κ3) is 2.49. The van der Waals surface area contributed by atoms with Gasteiger partial charge in [0.05, 0.1) is 25.5 Å². The van der Waals surface area contributed by atoms with Gasteiger partial charge >= 0.3 is 0 Å². The minimum atomic E-state index is -0.319. The van der Waals surface area contributed by atoms with E-state index in [1.807, 2.05) is 54.6 Å². The lowest BCUT2D eigenvalue weighted by Crippen LogP contribution is -2.28. The maximum Gasteiger partial charge on any atom is 0.261 e. The molecule has 0 radical (unpaired) electrons. The fourth-order valence-electron chi connectivity index (χ4n) is 3.37. The van der Waals surface area contributed by atoms with E-state index < -0.39 is 0 Å². The van der Waals surface area contributed by atoms with Gasteiger partial charge in [0, 0.05) is 11.9 Å². The Balaban J connectivity index is 1.90. The van der Waals surface area contributed by atoms with Crippen LogP contribution >= 0.6 is 0 Å². The molecule has 1 atom stereocenters. The SMILES string of the molecule is COc1ccc(C2c3ncccc3C(=O)N2c2ccccc2)cc1OC. The predicted octanol–water partition coefficient (Wildman–Crippen LogP) is 3.85. The summed E-state index contributed by atoms with van der Waals surface area (Å²) in [6.07, 6.45) is 1.72. The zero-order chi connectivity index (χ0) is 18.1. The average molecular weight is 346 g/mol. The number of hydrogen-bond acceptors (Lipinski definition) is 4. The Morgan fingerprint density at radius 3 is 2.42 bits per heavy atom. The van der Waals surface area contributed by atoms with Crippen molar-refractivity contribution in [3.63, 3.8) is 0 Å². The Hall–Kier alpha value is -3.34. The van der Waals surface area contributed by atoms with Crippen LogP contribution in [-0.4, -0.2) is 25.1 Å². The number of anilines is 1. The van der Waals surface area contributed by atoms with E-state index in [1.165, 1.54) is 0 Å². The van der Waals surface area contributed by atoms with E-state index in [1.54, 1.807) is 31.4 Å². The summed E-state index contributed by atoms with van der Waals surface area (Å²) in [5.41, 5.74) is 3.11. The molecule has 0 saturated heterocycles. The molecule has 5 heteroatoms. The van der Waals surface area contributed by atoms with Gasteiger partial charge in [-0.25, -0.2) is 0 Å². The molecule has 1 amide bonds. The lowest BCUT2D eigenvalue weighted by atomic mass is 10.0. The summed E-state index contributed by atoms with van der Waals surface area (Å²) >= 11 is 0. The van der Waals surface area contributed by atoms with Crippen molar-refractivity contribution >= 4 is 11.6 Å². The molecule has 1 aromatic heterocycles. The van der Waals surface area contributed by atoms with E-state index in [-0.39, 0.29) is 11.9 Å². The van der Waals surface area contributed by atoms with E-state index in [9.17, 15) is 4.79 Å². The Morgan fingerprint density at radius 1 is 0.923 bits per heavy atom.